The van der Waals surface area contributed by atoms with Crippen LogP contribution in [0.15, 0.2) is 46.9 Å². The van der Waals surface area contributed by atoms with E-state index in [9.17, 15) is 4.79 Å². The van der Waals surface area contributed by atoms with Crippen molar-refractivity contribution in [3.63, 3.8) is 0 Å². The highest BCUT2D eigenvalue weighted by Gasteiger charge is 2.10. The number of halogens is 1. The van der Waals surface area contributed by atoms with Gasteiger partial charge in [-0.3, -0.25) is 4.79 Å². The van der Waals surface area contributed by atoms with Gasteiger partial charge in [0.05, 0.1) is 10.5 Å². The molecule has 0 fully saturated rings. The predicted molar refractivity (Wildman–Crippen MR) is 103 cm³/mol. The number of carbonyl (C=O) groups is 1. The Morgan fingerprint density at radius 1 is 1.16 bits per heavy atom. The maximum absolute atomic E-state index is 12.0. The number of aryl methyl sites for hydroxylation is 2. The Morgan fingerprint density at radius 2 is 1.88 bits per heavy atom. The van der Waals surface area contributed by atoms with E-state index >= 15 is 0 Å². The minimum atomic E-state index is -0.175. The minimum Gasteiger partial charge on any atom is -0.491 e. The molecule has 2 aromatic rings. The Morgan fingerprint density at radius 3 is 2.52 bits per heavy atom. The molecule has 25 heavy (non-hydrogen) atoms. The van der Waals surface area contributed by atoms with Crippen LogP contribution in [0, 0.1) is 6.92 Å². The first-order valence-corrected chi connectivity index (χ1v) is 9.17. The molecule has 0 heterocycles. The molecule has 0 radical (unpaired) electrons. The molecule has 134 valence electrons. The van der Waals surface area contributed by atoms with Crippen LogP contribution in [-0.2, 0) is 11.2 Å². The second-order valence-corrected chi connectivity index (χ2v) is 6.85. The van der Waals surface area contributed by atoms with Crippen LogP contribution in [-0.4, -0.2) is 25.2 Å². The molecule has 2 rings (SSSR count). The van der Waals surface area contributed by atoms with E-state index in [0.29, 0.717) is 12.4 Å². The van der Waals surface area contributed by atoms with Gasteiger partial charge in [-0.25, -0.2) is 0 Å². The third-order valence-corrected chi connectivity index (χ3v) is 4.31. The van der Waals surface area contributed by atoms with E-state index in [2.05, 4.69) is 28.2 Å². The summed E-state index contributed by atoms with van der Waals surface area (Å²) in [7, 11) is 0. The Kier molecular flexibility index (Phi) is 7.31. The molecule has 0 aliphatic carbocycles. The molecule has 4 nitrogen and oxygen atoms in total. The van der Waals surface area contributed by atoms with Crippen LogP contribution in [0.5, 0.6) is 11.5 Å². The molecule has 0 aromatic heterocycles. The lowest BCUT2D eigenvalue weighted by Crippen LogP contribution is -2.39. The number of hydrogen-bond donors (Lipinski definition) is 1. The van der Waals surface area contributed by atoms with Crippen LogP contribution in [0.3, 0.4) is 0 Å². The van der Waals surface area contributed by atoms with Gasteiger partial charge in [-0.2, -0.15) is 0 Å². The van der Waals surface area contributed by atoms with Crippen LogP contribution in [0.25, 0.3) is 0 Å². The summed E-state index contributed by atoms with van der Waals surface area (Å²) in [4.78, 5) is 12.0. The van der Waals surface area contributed by atoms with Crippen molar-refractivity contribution in [2.24, 2.45) is 0 Å². The number of nitrogens with one attached hydrogen (secondary N) is 1. The minimum absolute atomic E-state index is 0.0288. The van der Waals surface area contributed by atoms with Crippen LogP contribution in [0.4, 0.5) is 0 Å². The lowest BCUT2D eigenvalue weighted by molar-refractivity contribution is -0.123. The lowest BCUT2D eigenvalue weighted by Gasteiger charge is -2.16. The van der Waals surface area contributed by atoms with Gasteiger partial charge in [-0.15, -0.1) is 0 Å². The van der Waals surface area contributed by atoms with E-state index in [1.165, 1.54) is 11.1 Å². The topological polar surface area (TPSA) is 47.6 Å². The number of hydrogen-bond acceptors (Lipinski definition) is 3. The van der Waals surface area contributed by atoms with E-state index in [4.69, 9.17) is 9.47 Å². The van der Waals surface area contributed by atoms with Gasteiger partial charge in [0, 0.05) is 0 Å². The standard InChI is InChI=1S/C20H24BrNO3/c1-4-16-7-10-19(18(21)11-16)25-13-20(23)22-15(3)12-24-17-8-5-14(2)6-9-17/h5-11,15H,4,12-13H2,1-3H3,(H,22,23)/t15-/m0/s1. The van der Waals surface area contributed by atoms with Crippen molar-refractivity contribution in [2.75, 3.05) is 13.2 Å². The Labute approximate surface area is 157 Å². The highest BCUT2D eigenvalue weighted by molar-refractivity contribution is 9.10. The fraction of sp³-hybridized carbons (Fsp3) is 0.350. The van der Waals surface area contributed by atoms with E-state index in [1.807, 2.05) is 56.3 Å². The predicted octanol–water partition coefficient (Wildman–Crippen LogP) is 4.28. The van der Waals surface area contributed by atoms with E-state index < -0.39 is 0 Å². The lowest BCUT2D eigenvalue weighted by atomic mass is 10.2. The van der Waals surface area contributed by atoms with Gasteiger partial charge in [0.25, 0.3) is 5.91 Å². The first kappa shape index (κ1) is 19.3. The fourth-order valence-electron chi connectivity index (χ4n) is 2.24. The van der Waals surface area contributed by atoms with Gasteiger partial charge in [-0.1, -0.05) is 30.7 Å². The maximum atomic E-state index is 12.0. The number of rotatable bonds is 8. The SMILES string of the molecule is CCc1ccc(OCC(=O)N[C@@H](C)COc2ccc(C)cc2)c(Br)c1. The zero-order chi connectivity index (χ0) is 18.2. The monoisotopic (exact) mass is 405 g/mol. The fourth-order valence-corrected chi connectivity index (χ4v) is 2.78. The molecule has 1 atom stereocenters. The van der Waals surface area contributed by atoms with Crippen molar-refractivity contribution in [1.29, 1.82) is 0 Å². The van der Waals surface area contributed by atoms with E-state index in [-0.39, 0.29) is 18.6 Å². The van der Waals surface area contributed by atoms with Crippen molar-refractivity contribution in [3.05, 3.63) is 58.1 Å². The quantitative estimate of drug-likeness (QED) is 0.712. The summed E-state index contributed by atoms with van der Waals surface area (Å²) in [6.45, 7) is 6.40. The molecule has 0 saturated heterocycles. The number of benzene rings is 2. The summed E-state index contributed by atoms with van der Waals surface area (Å²) < 4.78 is 12.1. The normalized spacial score (nSPS) is 11.7. The molecular formula is C20H24BrNO3. The van der Waals surface area contributed by atoms with Gasteiger partial charge in [0.1, 0.15) is 18.1 Å². The molecule has 0 bridgehead atoms. The smallest absolute Gasteiger partial charge is 0.258 e. The molecular weight excluding hydrogens is 382 g/mol. The second-order valence-electron chi connectivity index (χ2n) is 6.00. The van der Waals surface area contributed by atoms with Crippen LogP contribution in [0.2, 0.25) is 0 Å². The highest BCUT2D eigenvalue weighted by atomic mass is 79.9. The van der Waals surface area contributed by atoms with Crippen LogP contribution < -0.4 is 14.8 Å². The molecule has 1 amide bonds. The number of amides is 1. The van der Waals surface area contributed by atoms with Gasteiger partial charge < -0.3 is 14.8 Å². The summed E-state index contributed by atoms with van der Waals surface area (Å²) in [6.07, 6.45) is 0.956. The summed E-state index contributed by atoms with van der Waals surface area (Å²) in [5.74, 6) is 1.28. The second kappa shape index (κ2) is 9.47. The highest BCUT2D eigenvalue weighted by Crippen LogP contribution is 2.26. The van der Waals surface area contributed by atoms with Crippen LogP contribution >= 0.6 is 15.9 Å². The van der Waals surface area contributed by atoms with Crippen LogP contribution in [0.1, 0.15) is 25.0 Å². The van der Waals surface area contributed by atoms with Crippen molar-refractivity contribution in [3.8, 4) is 11.5 Å². The zero-order valence-electron chi connectivity index (χ0n) is 14.8. The maximum Gasteiger partial charge on any atom is 0.258 e. The summed E-state index contributed by atoms with van der Waals surface area (Å²) >= 11 is 3.47. The largest absolute Gasteiger partial charge is 0.491 e. The third-order valence-electron chi connectivity index (χ3n) is 3.69. The summed E-state index contributed by atoms with van der Waals surface area (Å²) in [5, 5.41) is 2.87. The van der Waals surface area contributed by atoms with Gasteiger partial charge in [0.15, 0.2) is 6.61 Å². The molecule has 0 spiro atoms. The van der Waals surface area contributed by atoms with Gasteiger partial charge >= 0.3 is 0 Å². The van der Waals surface area contributed by atoms with E-state index in [0.717, 1.165) is 16.6 Å². The number of ether oxygens (including phenoxy) is 2. The van der Waals surface area contributed by atoms with Crippen molar-refractivity contribution >= 4 is 21.8 Å². The summed E-state index contributed by atoms with van der Waals surface area (Å²) in [5.41, 5.74) is 2.40. The number of carbonyl (C=O) groups excluding carboxylic acids is 1. The molecule has 0 aliphatic rings. The Hall–Kier alpha value is -2.01. The summed E-state index contributed by atoms with van der Waals surface area (Å²) in [6, 6.07) is 13.6. The average molecular weight is 406 g/mol. The Bertz CT molecular complexity index is 701. The van der Waals surface area contributed by atoms with Crippen molar-refractivity contribution < 1.29 is 14.3 Å². The third kappa shape index (κ3) is 6.42. The molecule has 0 saturated carbocycles. The van der Waals surface area contributed by atoms with Gasteiger partial charge in [0.2, 0.25) is 0 Å². The van der Waals surface area contributed by atoms with E-state index in [1.54, 1.807) is 0 Å². The van der Waals surface area contributed by atoms with Gasteiger partial charge in [-0.05, 0) is 66.0 Å². The van der Waals surface area contributed by atoms with Crippen molar-refractivity contribution in [1.82, 2.24) is 5.32 Å². The van der Waals surface area contributed by atoms with Crippen molar-refractivity contribution in [2.45, 2.75) is 33.2 Å². The Balaban J connectivity index is 1.74. The first-order valence-electron chi connectivity index (χ1n) is 8.38. The molecule has 1 N–H and O–H groups in total. The zero-order valence-corrected chi connectivity index (χ0v) is 16.4. The first-order chi connectivity index (χ1) is 12.0. The molecule has 0 aliphatic heterocycles. The molecule has 5 heteroatoms. The molecule has 0 unspecified atom stereocenters. The molecule has 2 aromatic carbocycles. The average Bonchev–Trinajstić information content (AvgIpc) is 2.60.